The molecule has 0 bridgehead atoms. The number of hydrogen-bond donors (Lipinski definition) is 2. The Hall–Kier alpha value is -3.27. The van der Waals surface area contributed by atoms with E-state index in [9.17, 15) is 71.9 Å². The predicted octanol–water partition coefficient (Wildman–Crippen LogP) is 18.7. The van der Waals surface area contributed by atoms with Gasteiger partial charge in [0.15, 0.2) is 5.78 Å². The first-order valence-corrected chi connectivity index (χ1v) is 40.5. The van der Waals surface area contributed by atoms with Crippen LogP contribution in [-0.4, -0.2) is 54.5 Å². The summed E-state index contributed by atoms with van der Waals surface area (Å²) >= 11 is 29.4. The molecule has 2 N–H and O–H groups in total. The topological polar surface area (TPSA) is 148 Å². The number of rotatable bonds is 10. The Labute approximate surface area is 551 Å². The fourth-order valence-corrected chi connectivity index (χ4v) is 7.09. The van der Waals surface area contributed by atoms with E-state index in [0.717, 1.165) is 27.3 Å². The molecule has 0 atom stereocenters. The number of pyridine rings is 3. The van der Waals surface area contributed by atoms with Gasteiger partial charge in [-0.3, -0.25) is 33.7 Å². The van der Waals surface area contributed by atoms with Crippen molar-refractivity contribution in [2.75, 3.05) is 8.86 Å². The van der Waals surface area contributed by atoms with Gasteiger partial charge in [-0.15, -0.1) is 0 Å². The molecule has 0 spiro atoms. The number of hydrogen-bond acceptors (Lipinski definition) is 7. The molecule has 8 aromatic rings. The molecule has 11 nitrogen and oxygen atoms in total. The average Bonchev–Trinajstić information content (AvgIpc) is 3.93. The van der Waals surface area contributed by atoms with Crippen molar-refractivity contribution in [1.82, 2.24) is 34.1 Å². The normalized spacial score (nSPS) is 10.9. The molecule has 0 amide bonds. The Balaban J connectivity index is 0.000000395. The molecular weight excluding hydrogens is 1810 g/mol. The average molecular weight is 1850 g/mol. The molecule has 0 aliphatic heterocycles. The standard InChI is InChI=1S/C17H12ClF4NO2.2C15H8ClF4N3O.2C2H5I.CH3.3HI.V/c18-11-5-6-23-15(9-11)16(25)4-2-12(24)7-10-1-3-14(19)13(8-10)17(20,21)22;2*16-8-3-4-21-12(5-8)13-7-22-14(24)23(13)9-1-2-11(17)10(6-9)15(18,19)20;2*1-2-3;;;;;/h1,3,5-6,8-9H,2,4,7H2;2*1-7H,(H,22,24);2*2H2,1H3;1H3;3*1H;/q;;;;;-1;;;;+3/p-3. The van der Waals surface area contributed by atoms with Crippen LogP contribution in [0.15, 0.2) is 132 Å². The summed E-state index contributed by atoms with van der Waals surface area (Å²) in [5.74, 6) is -5.07. The number of imidazole rings is 2. The maximum atomic E-state index is 13.4. The number of benzene rings is 3. The number of aromatic nitrogens is 7. The van der Waals surface area contributed by atoms with E-state index < -0.39 is 75.6 Å². The Morgan fingerprint density at radius 1 is 0.548 bits per heavy atom. The van der Waals surface area contributed by atoms with Crippen LogP contribution in [0.1, 0.15) is 59.4 Å². The number of Topliss-reactive ketones (excluding diaryl/α,β-unsaturated/α-hetero) is 2. The van der Waals surface area contributed by atoms with E-state index in [0.29, 0.717) is 51.5 Å². The first kappa shape index (κ1) is 76.8. The van der Waals surface area contributed by atoms with Crippen molar-refractivity contribution < 1.29 is 67.2 Å². The predicted molar refractivity (Wildman–Crippen MR) is 340 cm³/mol. The van der Waals surface area contributed by atoms with Crippen molar-refractivity contribution in [3.8, 4) is 34.2 Å². The van der Waals surface area contributed by atoms with Crippen LogP contribution in [0.5, 0.6) is 0 Å². The van der Waals surface area contributed by atoms with E-state index in [1.807, 2.05) is 0 Å². The molecule has 0 radical (unpaired) electrons. The number of nitrogens with zero attached hydrogens (tertiary/aromatic N) is 5. The van der Waals surface area contributed by atoms with Crippen LogP contribution in [-0.2, 0) is 34.7 Å². The zero-order valence-corrected chi connectivity index (χ0v) is 57.4. The Morgan fingerprint density at radius 2 is 0.893 bits per heavy atom. The van der Waals surface area contributed by atoms with Gasteiger partial charge in [0.25, 0.3) is 0 Å². The SMILES string of the molecule is CCI.CCI.O=C(CCC(=O)c1cc(Cl)ccn1)Cc1ccc(F)c(C(F)(F)F)c1.O=c1[nH]cc(-c2cc(Cl)ccn2)n1-c1ccc(F)c(C(F)(F)F)c1.O=c1[nH]cc(-c2cc(Cl)ccn2)n1-c1ccc(F)c(C(F)(F)F)c1.[CH3-].[I][V]([I])[I]. The van der Waals surface area contributed by atoms with Crippen LogP contribution >= 0.6 is 140 Å². The number of halogens is 20. The molecule has 5 aromatic heterocycles. The molecule has 0 aliphatic carbocycles. The number of nitrogens with one attached hydrogen (secondary N) is 2. The molecule has 0 saturated heterocycles. The molecule has 0 unspecified atom stereocenters. The Morgan fingerprint density at radius 3 is 1.25 bits per heavy atom. The first-order valence-electron chi connectivity index (χ1n) is 22.8. The Kier molecular flexibility index (Phi) is 33.2. The summed E-state index contributed by atoms with van der Waals surface area (Å²) in [6.45, 7) is 4.22. The number of H-pyrrole nitrogens is 2. The zero-order valence-electron chi connectivity index (χ0n) is 43.0. The van der Waals surface area contributed by atoms with Gasteiger partial charge >= 0.3 is 94.8 Å². The summed E-state index contributed by atoms with van der Waals surface area (Å²) in [4.78, 5) is 64.2. The van der Waals surface area contributed by atoms with Crippen molar-refractivity contribution in [3.63, 3.8) is 0 Å². The van der Waals surface area contributed by atoms with E-state index in [1.165, 1.54) is 76.2 Å². The summed E-state index contributed by atoms with van der Waals surface area (Å²) in [5, 5.41) is 1.02. The summed E-state index contributed by atoms with van der Waals surface area (Å²) < 4.78 is 160. The van der Waals surface area contributed by atoms with Gasteiger partial charge in [-0.1, -0.05) is 99.9 Å². The molecule has 8 rings (SSSR count). The second-order valence-corrected chi connectivity index (χ2v) is 55.4. The van der Waals surface area contributed by atoms with E-state index in [4.69, 9.17) is 34.8 Å². The van der Waals surface area contributed by atoms with Gasteiger partial charge in [-0.25, -0.2) is 22.8 Å². The van der Waals surface area contributed by atoms with Gasteiger partial charge < -0.3 is 17.4 Å². The van der Waals surface area contributed by atoms with Gasteiger partial charge in [0, 0.05) is 65.3 Å². The van der Waals surface area contributed by atoms with Gasteiger partial charge in [0.2, 0.25) is 0 Å². The molecule has 3 aromatic carbocycles. The van der Waals surface area contributed by atoms with E-state index >= 15 is 0 Å². The quantitative estimate of drug-likeness (QED) is 0.0455. The maximum absolute atomic E-state index is 13.4. The third-order valence-electron chi connectivity index (χ3n) is 9.92. The van der Waals surface area contributed by atoms with Crippen molar-refractivity contribution in [2.45, 2.75) is 51.6 Å². The van der Waals surface area contributed by atoms with Crippen molar-refractivity contribution in [1.29, 1.82) is 0 Å². The second kappa shape index (κ2) is 36.3. The van der Waals surface area contributed by atoms with E-state index in [2.05, 4.69) is 144 Å². The second-order valence-electron chi connectivity index (χ2n) is 15.7. The van der Waals surface area contributed by atoms with Gasteiger partial charge in [-0.2, -0.15) is 39.5 Å². The molecule has 0 aliphatic rings. The summed E-state index contributed by atoms with van der Waals surface area (Å²) in [7, 11) is 0. The van der Waals surface area contributed by atoms with Crippen molar-refractivity contribution >= 4 is 151 Å². The molecule has 32 heteroatoms. The van der Waals surface area contributed by atoms with Gasteiger partial charge in [0.05, 0.1) is 50.8 Å². The van der Waals surface area contributed by atoms with E-state index in [1.54, 1.807) is 0 Å². The number of alkyl halides is 11. The number of carbonyl (C=O) groups is 2. The minimum atomic E-state index is -4.88. The third-order valence-corrected chi connectivity index (χ3v) is 10.6. The molecule has 0 fully saturated rings. The molecule has 5 heterocycles. The van der Waals surface area contributed by atoms with Crippen LogP contribution in [0.2, 0.25) is 15.1 Å². The number of aromatic amines is 2. The summed E-state index contributed by atoms with van der Waals surface area (Å²) in [6, 6.07) is 15.8. The number of ketones is 2. The monoisotopic (exact) mass is 1850 g/mol. The van der Waals surface area contributed by atoms with Gasteiger partial charge in [0.1, 0.15) is 28.9 Å². The summed E-state index contributed by atoms with van der Waals surface area (Å²) in [6.07, 6.45) is -8.49. The van der Waals surface area contributed by atoms with Crippen LogP contribution in [0, 0.1) is 24.9 Å². The zero-order chi connectivity index (χ0) is 62.6. The molecular formula is C52H41Cl3F12I5N7O4V-. The fourth-order valence-electron chi connectivity index (χ4n) is 6.61. The molecule has 454 valence electrons. The van der Waals surface area contributed by atoms with Gasteiger partial charge in [-0.05, 0) is 99.3 Å². The van der Waals surface area contributed by atoms with E-state index in [-0.39, 0.29) is 77.0 Å². The first-order chi connectivity index (χ1) is 38.8. The third kappa shape index (κ3) is 24.7. The fraction of sp³-hybridized carbons (Fsp3) is 0.192. The minimum absolute atomic E-state index is 0. The Bertz CT molecular complexity index is 3410. The summed E-state index contributed by atoms with van der Waals surface area (Å²) in [5.41, 5.74) is -4.92. The van der Waals surface area contributed by atoms with Crippen LogP contribution in [0.3, 0.4) is 0 Å². The van der Waals surface area contributed by atoms with Crippen LogP contribution < -0.4 is 11.4 Å². The van der Waals surface area contributed by atoms with Crippen molar-refractivity contribution in [3.05, 3.63) is 211 Å². The van der Waals surface area contributed by atoms with Crippen LogP contribution in [0.25, 0.3) is 34.2 Å². The molecule has 0 saturated carbocycles. The number of carbonyl (C=O) groups excluding carboxylic acids is 2. The van der Waals surface area contributed by atoms with Crippen LogP contribution in [0.4, 0.5) is 52.7 Å². The van der Waals surface area contributed by atoms with Crippen molar-refractivity contribution in [2.24, 2.45) is 0 Å². The molecule has 84 heavy (non-hydrogen) atoms.